The number of benzene rings is 1. The first-order chi connectivity index (χ1) is 14.5. The molecule has 1 N–H and O–H groups in total. The van der Waals surface area contributed by atoms with Crippen molar-refractivity contribution in [3.63, 3.8) is 0 Å². The molecule has 1 saturated heterocycles. The molecule has 0 atom stereocenters. The fraction of sp³-hybridized carbons (Fsp3) is 0.381. The van der Waals surface area contributed by atoms with Gasteiger partial charge in [0.25, 0.3) is 5.91 Å². The number of ether oxygens (including phenoxy) is 2. The van der Waals surface area contributed by atoms with Crippen molar-refractivity contribution in [1.29, 1.82) is 0 Å². The van der Waals surface area contributed by atoms with Crippen LogP contribution in [0.2, 0.25) is 0 Å². The fourth-order valence-corrected chi connectivity index (χ4v) is 4.23. The fourth-order valence-electron chi connectivity index (χ4n) is 3.51. The number of fused-ring (bicyclic) bond motifs is 1. The van der Waals surface area contributed by atoms with E-state index in [-0.39, 0.29) is 17.9 Å². The van der Waals surface area contributed by atoms with Gasteiger partial charge in [-0.3, -0.25) is 14.0 Å². The zero-order chi connectivity index (χ0) is 21.1. The summed E-state index contributed by atoms with van der Waals surface area (Å²) in [4.78, 5) is 31.2. The highest BCUT2D eigenvalue weighted by molar-refractivity contribution is 7.15. The third-order valence-corrected chi connectivity index (χ3v) is 5.95. The molecule has 1 aromatic carbocycles. The standard InChI is InChI=1S/C21H24N4O4S/c1-14(26)24-7-5-17(6-8-24)29-18-4-3-15(11-19(18)28-2)20(27)22-12-16-13-25-9-10-30-21(25)23-16/h3-4,9-11,13,17H,5-8,12H2,1-2H3,(H,22,27). The first kappa shape index (κ1) is 20.2. The number of carbonyl (C=O) groups excluding carboxylic acids is 2. The summed E-state index contributed by atoms with van der Waals surface area (Å²) < 4.78 is 13.5. The van der Waals surface area contributed by atoms with Crippen LogP contribution in [0, 0.1) is 0 Å². The average molecular weight is 429 g/mol. The summed E-state index contributed by atoms with van der Waals surface area (Å²) in [6.07, 6.45) is 5.40. The molecular weight excluding hydrogens is 404 g/mol. The van der Waals surface area contributed by atoms with Crippen LogP contribution in [0.15, 0.2) is 36.0 Å². The molecule has 3 aromatic rings. The van der Waals surface area contributed by atoms with Crippen LogP contribution in [-0.2, 0) is 11.3 Å². The molecule has 0 saturated carbocycles. The summed E-state index contributed by atoms with van der Waals surface area (Å²) in [6, 6.07) is 5.17. The molecule has 30 heavy (non-hydrogen) atoms. The minimum Gasteiger partial charge on any atom is -0.493 e. The van der Waals surface area contributed by atoms with Crippen LogP contribution in [0.1, 0.15) is 35.8 Å². The van der Waals surface area contributed by atoms with Gasteiger partial charge in [0.15, 0.2) is 16.5 Å². The molecule has 9 heteroatoms. The second kappa shape index (κ2) is 8.74. The lowest BCUT2D eigenvalue weighted by atomic mass is 10.1. The van der Waals surface area contributed by atoms with E-state index in [0.29, 0.717) is 36.7 Å². The Morgan fingerprint density at radius 3 is 2.77 bits per heavy atom. The molecule has 0 spiro atoms. The van der Waals surface area contributed by atoms with Crippen LogP contribution in [-0.4, -0.2) is 52.4 Å². The third-order valence-electron chi connectivity index (χ3n) is 5.18. The van der Waals surface area contributed by atoms with Crippen LogP contribution in [0.25, 0.3) is 4.96 Å². The largest absolute Gasteiger partial charge is 0.493 e. The van der Waals surface area contributed by atoms with Gasteiger partial charge >= 0.3 is 0 Å². The molecule has 0 radical (unpaired) electrons. The molecule has 1 aliphatic rings. The highest BCUT2D eigenvalue weighted by Crippen LogP contribution is 2.30. The van der Waals surface area contributed by atoms with E-state index in [4.69, 9.17) is 9.47 Å². The predicted octanol–water partition coefficient (Wildman–Crippen LogP) is 2.72. The van der Waals surface area contributed by atoms with E-state index >= 15 is 0 Å². The van der Waals surface area contributed by atoms with Crippen molar-refractivity contribution in [2.24, 2.45) is 0 Å². The number of thiazole rings is 1. The van der Waals surface area contributed by atoms with Crippen LogP contribution in [0.5, 0.6) is 11.5 Å². The van der Waals surface area contributed by atoms with Crippen molar-refractivity contribution in [3.8, 4) is 11.5 Å². The monoisotopic (exact) mass is 428 g/mol. The van der Waals surface area contributed by atoms with Crippen molar-refractivity contribution in [1.82, 2.24) is 19.6 Å². The van der Waals surface area contributed by atoms with Gasteiger partial charge in [0, 0.05) is 56.2 Å². The third kappa shape index (κ3) is 4.40. The van der Waals surface area contributed by atoms with E-state index in [1.54, 1.807) is 43.6 Å². The van der Waals surface area contributed by atoms with E-state index in [1.165, 1.54) is 0 Å². The SMILES string of the molecule is COc1cc(C(=O)NCc2cn3ccsc3n2)ccc1OC1CCN(C(C)=O)CC1. The Hall–Kier alpha value is -3.07. The summed E-state index contributed by atoms with van der Waals surface area (Å²) in [6.45, 7) is 3.31. The molecule has 1 aliphatic heterocycles. The van der Waals surface area contributed by atoms with Gasteiger partial charge in [-0.15, -0.1) is 11.3 Å². The highest BCUT2D eigenvalue weighted by atomic mass is 32.1. The number of hydrogen-bond acceptors (Lipinski definition) is 6. The molecule has 0 unspecified atom stereocenters. The second-order valence-electron chi connectivity index (χ2n) is 7.20. The van der Waals surface area contributed by atoms with Crippen molar-refractivity contribution in [3.05, 3.63) is 47.2 Å². The van der Waals surface area contributed by atoms with Gasteiger partial charge in [-0.2, -0.15) is 0 Å². The number of amides is 2. The maximum absolute atomic E-state index is 12.6. The Kier molecular flexibility index (Phi) is 5.89. The van der Waals surface area contributed by atoms with Gasteiger partial charge in [0.2, 0.25) is 5.91 Å². The molecule has 2 aromatic heterocycles. The number of rotatable bonds is 6. The lowest BCUT2D eigenvalue weighted by Crippen LogP contribution is -2.40. The quantitative estimate of drug-likeness (QED) is 0.653. The normalized spacial score (nSPS) is 14.7. The Labute approximate surface area is 178 Å². The molecule has 8 nitrogen and oxygen atoms in total. The summed E-state index contributed by atoms with van der Waals surface area (Å²) in [7, 11) is 1.56. The number of carbonyl (C=O) groups is 2. The Morgan fingerprint density at radius 1 is 1.27 bits per heavy atom. The second-order valence-corrected chi connectivity index (χ2v) is 8.07. The molecule has 158 valence electrons. The number of piperidine rings is 1. The Balaban J connectivity index is 1.37. The summed E-state index contributed by atoms with van der Waals surface area (Å²) in [5.74, 6) is 1.01. The minimum atomic E-state index is -0.203. The van der Waals surface area contributed by atoms with Crippen LogP contribution < -0.4 is 14.8 Å². The molecule has 0 bridgehead atoms. The van der Waals surface area contributed by atoms with Gasteiger partial charge in [-0.25, -0.2) is 4.98 Å². The lowest BCUT2D eigenvalue weighted by molar-refractivity contribution is -0.130. The Bertz CT molecular complexity index is 1020. The van der Waals surface area contributed by atoms with Gasteiger partial charge in [0.1, 0.15) is 6.10 Å². The van der Waals surface area contributed by atoms with Gasteiger partial charge < -0.3 is 19.7 Å². The van der Waals surface area contributed by atoms with Crippen molar-refractivity contribution in [2.45, 2.75) is 32.4 Å². The predicted molar refractivity (Wildman–Crippen MR) is 113 cm³/mol. The minimum absolute atomic E-state index is 0.0176. The summed E-state index contributed by atoms with van der Waals surface area (Å²) >= 11 is 1.55. The first-order valence-electron chi connectivity index (χ1n) is 9.83. The van der Waals surface area contributed by atoms with E-state index < -0.39 is 0 Å². The van der Waals surface area contributed by atoms with Crippen molar-refractivity contribution >= 4 is 28.1 Å². The number of aromatic nitrogens is 2. The van der Waals surface area contributed by atoms with E-state index in [9.17, 15) is 9.59 Å². The van der Waals surface area contributed by atoms with Crippen LogP contribution >= 0.6 is 11.3 Å². The van der Waals surface area contributed by atoms with Crippen LogP contribution in [0.3, 0.4) is 0 Å². The number of nitrogens with one attached hydrogen (secondary N) is 1. The molecule has 2 amide bonds. The lowest BCUT2D eigenvalue weighted by Gasteiger charge is -2.31. The molecular formula is C21H24N4O4S. The number of methoxy groups -OCH3 is 1. The van der Waals surface area contributed by atoms with E-state index in [0.717, 1.165) is 23.5 Å². The highest BCUT2D eigenvalue weighted by Gasteiger charge is 2.23. The van der Waals surface area contributed by atoms with Crippen molar-refractivity contribution in [2.75, 3.05) is 20.2 Å². The Morgan fingerprint density at radius 2 is 2.07 bits per heavy atom. The topological polar surface area (TPSA) is 85.2 Å². The number of likely N-dealkylation sites (tertiary alicyclic amines) is 1. The van der Waals surface area contributed by atoms with Gasteiger partial charge in [-0.05, 0) is 18.2 Å². The number of imidazole rings is 1. The van der Waals surface area contributed by atoms with Crippen LogP contribution in [0.4, 0.5) is 0 Å². The van der Waals surface area contributed by atoms with Crippen molar-refractivity contribution < 1.29 is 19.1 Å². The number of nitrogens with zero attached hydrogens (tertiary/aromatic N) is 3. The number of hydrogen-bond donors (Lipinski definition) is 1. The molecule has 3 heterocycles. The summed E-state index contributed by atoms with van der Waals surface area (Å²) in [5, 5.41) is 4.86. The molecule has 0 aliphatic carbocycles. The van der Waals surface area contributed by atoms with Gasteiger partial charge in [0.05, 0.1) is 19.3 Å². The molecule has 1 fully saturated rings. The van der Waals surface area contributed by atoms with E-state index in [1.807, 2.05) is 27.1 Å². The summed E-state index contributed by atoms with van der Waals surface area (Å²) in [5.41, 5.74) is 1.30. The smallest absolute Gasteiger partial charge is 0.251 e. The zero-order valence-corrected chi connectivity index (χ0v) is 17.8. The first-order valence-corrected chi connectivity index (χ1v) is 10.7. The zero-order valence-electron chi connectivity index (χ0n) is 17.0. The van der Waals surface area contributed by atoms with Gasteiger partial charge in [-0.1, -0.05) is 0 Å². The maximum atomic E-state index is 12.6. The maximum Gasteiger partial charge on any atom is 0.251 e. The molecule has 4 rings (SSSR count). The average Bonchev–Trinajstić information content (AvgIpc) is 3.34. The van der Waals surface area contributed by atoms with E-state index in [2.05, 4.69) is 10.3 Å².